The van der Waals surface area contributed by atoms with Crippen LogP contribution < -0.4 is 0 Å². The van der Waals surface area contributed by atoms with Gasteiger partial charge in [0.05, 0.1) is 11.8 Å². The number of allylic oxidation sites excluding steroid dienone is 2. The number of hydrogen-bond acceptors (Lipinski definition) is 3. The van der Waals surface area contributed by atoms with Gasteiger partial charge in [-0.15, -0.1) is 17.7 Å². The van der Waals surface area contributed by atoms with Crippen molar-refractivity contribution in [2.45, 2.75) is 18.7 Å². The van der Waals surface area contributed by atoms with Crippen molar-refractivity contribution in [2.24, 2.45) is 0 Å². The Labute approximate surface area is 103 Å². The molecular formula is C12H11NO3S. The summed E-state index contributed by atoms with van der Waals surface area (Å²) in [6.07, 6.45) is 3.73. The number of carboxylic acid groups (broad SMARTS) is 1. The quantitative estimate of drug-likeness (QED) is 0.590. The van der Waals surface area contributed by atoms with Crippen LogP contribution >= 0.6 is 11.8 Å². The molecule has 0 bridgehead atoms. The number of thioether (sulfide) groups is 1. The minimum absolute atomic E-state index is 0.00279. The molecule has 1 amide bonds. The van der Waals surface area contributed by atoms with Gasteiger partial charge in [-0.05, 0) is 24.6 Å². The molecule has 88 valence electrons. The molecule has 0 aromatic carbocycles. The molecule has 0 aromatic rings. The molecule has 1 N–H and O–H groups in total. The van der Waals surface area contributed by atoms with Crippen molar-refractivity contribution in [3.05, 3.63) is 23.4 Å². The molecule has 1 saturated heterocycles. The first-order chi connectivity index (χ1) is 8.15. The van der Waals surface area contributed by atoms with Gasteiger partial charge in [0.2, 0.25) is 5.91 Å². The van der Waals surface area contributed by atoms with Crippen molar-refractivity contribution in [1.29, 1.82) is 0 Å². The van der Waals surface area contributed by atoms with E-state index in [4.69, 9.17) is 0 Å². The lowest BCUT2D eigenvalue weighted by molar-refractivity contribution is -0.146. The largest absolute Gasteiger partial charge is 0.477 e. The summed E-state index contributed by atoms with van der Waals surface area (Å²) in [6, 6.07) is 0. The molecule has 1 fully saturated rings. The Bertz CT molecular complexity index is 496. The number of carbonyl (C=O) groups is 2. The van der Waals surface area contributed by atoms with Gasteiger partial charge in [-0.3, -0.25) is 9.69 Å². The molecule has 4 nitrogen and oxygen atoms in total. The van der Waals surface area contributed by atoms with Crippen LogP contribution in [0.1, 0.15) is 13.3 Å². The van der Waals surface area contributed by atoms with E-state index >= 15 is 0 Å². The monoisotopic (exact) mass is 249 g/mol. The average molecular weight is 249 g/mol. The van der Waals surface area contributed by atoms with Gasteiger partial charge < -0.3 is 5.11 Å². The van der Waals surface area contributed by atoms with Crippen molar-refractivity contribution in [3.8, 4) is 11.8 Å². The molecule has 0 aliphatic carbocycles. The van der Waals surface area contributed by atoms with E-state index in [0.717, 1.165) is 0 Å². The number of β-lactam (4-membered cyclic amide) rings is 1. The van der Waals surface area contributed by atoms with E-state index in [1.165, 1.54) is 4.90 Å². The number of hydrogen-bond donors (Lipinski definition) is 1. The highest BCUT2D eigenvalue weighted by molar-refractivity contribution is 8.00. The van der Waals surface area contributed by atoms with Gasteiger partial charge in [-0.25, -0.2) is 4.79 Å². The minimum atomic E-state index is -1.05. The fraction of sp³-hybridized carbons (Fsp3) is 0.333. The van der Waals surface area contributed by atoms with Crippen LogP contribution in [0.3, 0.4) is 0 Å². The Morgan fingerprint density at radius 1 is 1.65 bits per heavy atom. The maximum Gasteiger partial charge on any atom is 0.352 e. The molecular weight excluding hydrogens is 238 g/mol. The molecule has 2 rings (SSSR count). The highest BCUT2D eigenvalue weighted by atomic mass is 32.2. The molecule has 2 heterocycles. The summed E-state index contributed by atoms with van der Waals surface area (Å²) in [5, 5.41) is 9.18. The second kappa shape index (κ2) is 4.68. The third kappa shape index (κ3) is 2.08. The van der Waals surface area contributed by atoms with Crippen LogP contribution in [0.4, 0.5) is 0 Å². The van der Waals surface area contributed by atoms with Gasteiger partial charge >= 0.3 is 5.97 Å². The molecule has 0 saturated carbocycles. The van der Waals surface area contributed by atoms with Crippen LogP contribution in [-0.2, 0) is 9.59 Å². The van der Waals surface area contributed by atoms with E-state index in [-0.39, 0.29) is 17.0 Å². The first-order valence-electron chi connectivity index (χ1n) is 5.14. The topological polar surface area (TPSA) is 57.6 Å². The normalized spacial score (nSPS) is 23.0. The average Bonchev–Trinajstić information content (AvgIpc) is 2.28. The van der Waals surface area contributed by atoms with E-state index in [0.29, 0.717) is 17.7 Å². The van der Waals surface area contributed by atoms with E-state index in [9.17, 15) is 14.7 Å². The van der Waals surface area contributed by atoms with Gasteiger partial charge in [0.25, 0.3) is 0 Å². The molecule has 0 unspecified atom stereocenters. The molecule has 17 heavy (non-hydrogen) atoms. The highest BCUT2D eigenvalue weighted by Crippen LogP contribution is 2.40. The van der Waals surface area contributed by atoms with Crippen LogP contribution in [0, 0.1) is 11.8 Å². The molecule has 0 radical (unpaired) electrons. The summed E-state index contributed by atoms with van der Waals surface area (Å²) in [5.41, 5.74) is 0.758. The Morgan fingerprint density at radius 3 is 3.00 bits per heavy atom. The summed E-state index contributed by atoms with van der Waals surface area (Å²) in [6.45, 7) is 1.71. The standard InChI is InChI=1S/C12H11NO3S/c1-2-3-4-5-8-7-17-10-6-9(14)13(10)11(8)12(15)16/h4-5,10H,6-7H2,1H3,(H,15,16)/b5-4+/t10-/m1/s1. The number of nitrogens with zero attached hydrogens (tertiary/aromatic N) is 1. The maximum absolute atomic E-state index is 11.4. The summed E-state index contributed by atoms with van der Waals surface area (Å²) in [4.78, 5) is 24.0. The zero-order valence-corrected chi connectivity index (χ0v) is 10.1. The zero-order valence-electron chi connectivity index (χ0n) is 9.27. The molecule has 2 aliphatic rings. The molecule has 2 aliphatic heterocycles. The zero-order chi connectivity index (χ0) is 12.4. The van der Waals surface area contributed by atoms with Gasteiger partial charge in [0.1, 0.15) is 5.70 Å². The SMILES string of the molecule is CC#C/C=C/C1=C(C(=O)O)N2C(=O)C[C@H]2SC1. The Kier molecular flexibility index (Phi) is 3.25. The summed E-state index contributed by atoms with van der Waals surface area (Å²) < 4.78 is 0. The van der Waals surface area contributed by atoms with Gasteiger partial charge in [0.15, 0.2) is 0 Å². The number of carbonyl (C=O) groups excluding carboxylic acids is 1. The number of aliphatic carboxylic acids is 1. The summed E-state index contributed by atoms with van der Waals surface area (Å²) >= 11 is 1.59. The first kappa shape index (κ1) is 11.8. The maximum atomic E-state index is 11.4. The Morgan fingerprint density at radius 2 is 2.41 bits per heavy atom. The Hall–Kier alpha value is -1.67. The predicted octanol–water partition coefficient (Wildman–Crippen LogP) is 1.21. The van der Waals surface area contributed by atoms with E-state index in [1.54, 1.807) is 30.8 Å². The van der Waals surface area contributed by atoms with Crippen LogP contribution in [-0.4, -0.2) is 33.0 Å². The van der Waals surface area contributed by atoms with Gasteiger partial charge in [-0.1, -0.05) is 5.92 Å². The van der Waals surface area contributed by atoms with Gasteiger partial charge in [0, 0.05) is 5.75 Å². The van der Waals surface area contributed by atoms with Crippen molar-refractivity contribution < 1.29 is 14.7 Å². The van der Waals surface area contributed by atoms with E-state index < -0.39 is 5.97 Å². The lowest BCUT2D eigenvalue weighted by atomic mass is 10.1. The fourth-order valence-corrected chi connectivity index (χ4v) is 3.03. The fourth-order valence-electron chi connectivity index (χ4n) is 1.79. The van der Waals surface area contributed by atoms with E-state index in [1.807, 2.05) is 0 Å². The van der Waals surface area contributed by atoms with Crippen molar-refractivity contribution in [2.75, 3.05) is 5.75 Å². The van der Waals surface area contributed by atoms with Crippen LogP contribution in [0.15, 0.2) is 23.4 Å². The third-order valence-electron chi connectivity index (χ3n) is 2.60. The molecule has 0 spiro atoms. The number of carboxylic acids is 1. The lowest BCUT2D eigenvalue weighted by Gasteiger charge is -2.43. The lowest BCUT2D eigenvalue weighted by Crippen LogP contribution is -2.53. The minimum Gasteiger partial charge on any atom is -0.477 e. The number of rotatable bonds is 2. The second-order valence-corrected chi connectivity index (χ2v) is 4.81. The smallest absolute Gasteiger partial charge is 0.352 e. The van der Waals surface area contributed by atoms with Crippen LogP contribution in [0.25, 0.3) is 0 Å². The third-order valence-corrected chi connectivity index (χ3v) is 3.84. The highest BCUT2D eigenvalue weighted by Gasteiger charge is 2.44. The molecule has 1 atom stereocenters. The number of fused-ring (bicyclic) bond motifs is 1. The molecule has 5 heteroatoms. The first-order valence-corrected chi connectivity index (χ1v) is 6.19. The van der Waals surface area contributed by atoms with Crippen molar-refractivity contribution >= 4 is 23.6 Å². The number of amides is 1. The Balaban J connectivity index is 2.35. The second-order valence-electron chi connectivity index (χ2n) is 3.64. The van der Waals surface area contributed by atoms with Gasteiger partial charge in [-0.2, -0.15) is 0 Å². The summed E-state index contributed by atoms with van der Waals surface area (Å²) in [5.74, 6) is 4.88. The predicted molar refractivity (Wildman–Crippen MR) is 65.0 cm³/mol. The van der Waals surface area contributed by atoms with E-state index in [2.05, 4.69) is 11.8 Å². The van der Waals surface area contributed by atoms with Crippen molar-refractivity contribution in [3.63, 3.8) is 0 Å². The van der Waals surface area contributed by atoms with Crippen LogP contribution in [0.5, 0.6) is 0 Å². The van der Waals surface area contributed by atoms with Crippen molar-refractivity contribution in [1.82, 2.24) is 4.90 Å². The van der Waals surface area contributed by atoms with Crippen LogP contribution in [0.2, 0.25) is 0 Å². The molecule has 0 aromatic heterocycles. The summed E-state index contributed by atoms with van der Waals surface area (Å²) in [7, 11) is 0.